The van der Waals surface area contributed by atoms with E-state index < -0.39 is 22.9 Å². The predicted molar refractivity (Wildman–Crippen MR) is 106 cm³/mol. The van der Waals surface area contributed by atoms with Gasteiger partial charge in [-0.1, -0.05) is 6.07 Å². The lowest BCUT2D eigenvalue weighted by Crippen LogP contribution is -2.30. The van der Waals surface area contributed by atoms with Crippen molar-refractivity contribution in [1.29, 1.82) is 0 Å². The van der Waals surface area contributed by atoms with Crippen molar-refractivity contribution in [3.05, 3.63) is 57.6 Å². The summed E-state index contributed by atoms with van der Waals surface area (Å²) in [5.41, 5.74) is 0.931. The Morgan fingerprint density at radius 2 is 1.86 bits per heavy atom. The number of nitro groups is 1. The smallest absolute Gasteiger partial charge is 0.339 e. The highest BCUT2D eigenvalue weighted by molar-refractivity contribution is 5.98. The van der Waals surface area contributed by atoms with E-state index in [1.165, 1.54) is 26.2 Å². The quantitative estimate of drug-likeness (QED) is 0.408. The van der Waals surface area contributed by atoms with E-state index >= 15 is 0 Å². The molecule has 0 aliphatic rings. The van der Waals surface area contributed by atoms with Gasteiger partial charge >= 0.3 is 11.7 Å². The lowest BCUT2D eigenvalue weighted by Gasteiger charge is -2.16. The SMILES string of the molecule is CCOc1ccc(C(=O)O[C@H](C)C(=O)Nc2cc(C)ccc2OC)cc1[N+](=O)[O-]. The predicted octanol–water partition coefficient (Wildman–Crippen LogP) is 3.49. The molecule has 0 spiro atoms. The van der Waals surface area contributed by atoms with E-state index in [4.69, 9.17) is 14.2 Å². The number of anilines is 1. The summed E-state index contributed by atoms with van der Waals surface area (Å²) in [6.07, 6.45) is -1.14. The summed E-state index contributed by atoms with van der Waals surface area (Å²) in [5, 5.41) is 13.8. The average molecular weight is 402 g/mol. The molecule has 1 N–H and O–H groups in total. The van der Waals surface area contributed by atoms with Gasteiger partial charge in [0.1, 0.15) is 5.75 Å². The summed E-state index contributed by atoms with van der Waals surface area (Å²) in [6, 6.07) is 8.98. The number of nitrogens with zero attached hydrogens (tertiary/aromatic N) is 1. The summed E-state index contributed by atoms with van der Waals surface area (Å²) in [6.45, 7) is 5.19. The van der Waals surface area contributed by atoms with Gasteiger partial charge in [0.15, 0.2) is 11.9 Å². The second kappa shape index (κ2) is 9.54. The van der Waals surface area contributed by atoms with Gasteiger partial charge in [-0.3, -0.25) is 14.9 Å². The van der Waals surface area contributed by atoms with Crippen LogP contribution in [0.15, 0.2) is 36.4 Å². The molecule has 2 aromatic carbocycles. The number of nitro benzene ring substituents is 1. The molecule has 0 radical (unpaired) electrons. The van der Waals surface area contributed by atoms with Crippen LogP contribution in [0.3, 0.4) is 0 Å². The fourth-order valence-corrected chi connectivity index (χ4v) is 2.50. The van der Waals surface area contributed by atoms with Crippen LogP contribution in [0.4, 0.5) is 11.4 Å². The van der Waals surface area contributed by atoms with Crippen LogP contribution in [0.25, 0.3) is 0 Å². The standard InChI is InChI=1S/C20H22N2O7/c1-5-28-18-9-7-14(11-16(18)22(25)26)20(24)29-13(3)19(23)21-15-10-12(2)6-8-17(15)27-4/h6-11,13H,5H2,1-4H3,(H,21,23)/t13-/m1/s1. The molecule has 0 unspecified atom stereocenters. The Morgan fingerprint density at radius 3 is 2.48 bits per heavy atom. The van der Waals surface area contributed by atoms with Crippen LogP contribution in [-0.4, -0.2) is 36.6 Å². The molecule has 154 valence electrons. The number of hydrogen-bond acceptors (Lipinski definition) is 7. The van der Waals surface area contributed by atoms with Gasteiger partial charge in [0.2, 0.25) is 0 Å². The first-order valence-electron chi connectivity index (χ1n) is 8.84. The van der Waals surface area contributed by atoms with Crippen LogP contribution >= 0.6 is 0 Å². The van der Waals surface area contributed by atoms with Crippen LogP contribution in [0.1, 0.15) is 29.8 Å². The number of amides is 1. The first kappa shape index (κ1) is 21.7. The summed E-state index contributed by atoms with van der Waals surface area (Å²) in [5.74, 6) is -0.923. The molecule has 9 nitrogen and oxygen atoms in total. The van der Waals surface area contributed by atoms with E-state index in [0.29, 0.717) is 11.4 Å². The Kier molecular flexibility index (Phi) is 7.13. The van der Waals surface area contributed by atoms with E-state index in [0.717, 1.165) is 11.6 Å². The van der Waals surface area contributed by atoms with Crippen LogP contribution < -0.4 is 14.8 Å². The number of rotatable bonds is 8. The highest BCUT2D eigenvalue weighted by Gasteiger charge is 2.23. The summed E-state index contributed by atoms with van der Waals surface area (Å²) >= 11 is 0. The molecule has 1 amide bonds. The number of nitrogens with one attached hydrogen (secondary N) is 1. The van der Waals surface area contributed by atoms with Crippen molar-refractivity contribution in [2.45, 2.75) is 26.9 Å². The van der Waals surface area contributed by atoms with Crippen LogP contribution in [0.5, 0.6) is 11.5 Å². The van der Waals surface area contributed by atoms with E-state index in [1.54, 1.807) is 19.1 Å². The maximum atomic E-state index is 12.4. The van der Waals surface area contributed by atoms with Gasteiger partial charge in [-0.05, 0) is 50.6 Å². The van der Waals surface area contributed by atoms with Crippen molar-refractivity contribution >= 4 is 23.3 Å². The Hall–Kier alpha value is -3.62. The number of aryl methyl sites for hydroxylation is 1. The van der Waals surface area contributed by atoms with Crippen molar-refractivity contribution < 1.29 is 28.7 Å². The zero-order chi connectivity index (χ0) is 21.6. The lowest BCUT2D eigenvalue weighted by molar-refractivity contribution is -0.385. The second-order valence-corrected chi connectivity index (χ2v) is 6.11. The molecular formula is C20H22N2O7. The van der Waals surface area contributed by atoms with Gasteiger partial charge in [0.05, 0.1) is 29.9 Å². The summed E-state index contributed by atoms with van der Waals surface area (Å²) in [4.78, 5) is 35.3. The molecule has 29 heavy (non-hydrogen) atoms. The summed E-state index contributed by atoms with van der Waals surface area (Å²) < 4.78 is 15.5. The van der Waals surface area contributed by atoms with E-state index in [1.807, 2.05) is 13.0 Å². The van der Waals surface area contributed by atoms with E-state index in [2.05, 4.69) is 5.32 Å². The lowest BCUT2D eigenvalue weighted by atomic mass is 10.2. The van der Waals surface area contributed by atoms with E-state index in [9.17, 15) is 19.7 Å². The molecule has 0 aliphatic heterocycles. The topological polar surface area (TPSA) is 117 Å². The number of carbonyl (C=O) groups is 2. The summed E-state index contributed by atoms with van der Waals surface area (Å²) in [7, 11) is 1.47. The minimum absolute atomic E-state index is 0.0476. The largest absolute Gasteiger partial charge is 0.495 e. The first-order chi connectivity index (χ1) is 13.8. The number of ether oxygens (including phenoxy) is 3. The molecule has 2 aromatic rings. The van der Waals surface area contributed by atoms with E-state index in [-0.39, 0.29) is 23.6 Å². The third kappa shape index (κ3) is 5.44. The first-order valence-corrected chi connectivity index (χ1v) is 8.84. The molecule has 0 aromatic heterocycles. The highest BCUT2D eigenvalue weighted by atomic mass is 16.6. The molecule has 9 heteroatoms. The normalized spacial score (nSPS) is 11.3. The molecular weight excluding hydrogens is 380 g/mol. The molecule has 0 bridgehead atoms. The van der Waals surface area contributed by atoms with Crippen molar-refractivity contribution in [2.24, 2.45) is 0 Å². The third-order valence-electron chi connectivity index (χ3n) is 3.96. The average Bonchev–Trinajstić information content (AvgIpc) is 2.68. The van der Waals surface area contributed by atoms with Crippen LogP contribution in [-0.2, 0) is 9.53 Å². The number of hydrogen-bond donors (Lipinski definition) is 1. The van der Waals surface area contributed by atoms with Gasteiger partial charge in [0.25, 0.3) is 5.91 Å². The number of esters is 1. The molecule has 2 rings (SSSR count). The number of benzene rings is 2. The molecule has 0 fully saturated rings. The fourth-order valence-electron chi connectivity index (χ4n) is 2.50. The molecule has 1 atom stereocenters. The molecule has 0 saturated carbocycles. The fraction of sp³-hybridized carbons (Fsp3) is 0.300. The molecule has 0 saturated heterocycles. The molecule has 0 aliphatic carbocycles. The maximum Gasteiger partial charge on any atom is 0.339 e. The van der Waals surface area contributed by atoms with Gasteiger partial charge in [0, 0.05) is 6.07 Å². The Labute approximate surface area is 167 Å². The maximum absolute atomic E-state index is 12.4. The number of methoxy groups -OCH3 is 1. The van der Waals surface area contributed by atoms with Crippen LogP contribution in [0.2, 0.25) is 0 Å². The van der Waals surface area contributed by atoms with Gasteiger partial charge in [-0.2, -0.15) is 0 Å². The van der Waals surface area contributed by atoms with Crippen molar-refractivity contribution in [2.75, 3.05) is 19.0 Å². The monoisotopic (exact) mass is 402 g/mol. The van der Waals surface area contributed by atoms with Crippen molar-refractivity contribution in [3.63, 3.8) is 0 Å². The zero-order valence-electron chi connectivity index (χ0n) is 16.6. The Balaban J connectivity index is 2.12. The zero-order valence-corrected chi connectivity index (χ0v) is 16.6. The van der Waals surface area contributed by atoms with Gasteiger partial charge in [-0.15, -0.1) is 0 Å². The van der Waals surface area contributed by atoms with Crippen molar-refractivity contribution in [3.8, 4) is 11.5 Å². The Morgan fingerprint density at radius 1 is 1.17 bits per heavy atom. The second-order valence-electron chi connectivity index (χ2n) is 6.11. The number of carbonyl (C=O) groups excluding carboxylic acids is 2. The Bertz CT molecular complexity index is 927. The minimum atomic E-state index is -1.14. The minimum Gasteiger partial charge on any atom is -0.495 e. The van der Waals surface area contributed by atoms with Crippen molar-refractivity contribution in [1.82, 2.24) is 0 Å². The van der Waals surface area contributed by atoms with Gasteiger partial charge < -0.3 is 19.5 Å². The van der Waals surface area contributed by atoms with Crippen LogP contribution in [0, 0.1) is 17.0 Å². The molecule has 0 heterocycles. The highest BCUT2D eigenvalue weighted by Crippen LogP contribution is 2.29. The third-order valence-corrected chi connectivity index (χ3v) is 3.96. The van der Waals surface area contributed by atoms with Gasteiger partial charge in [-0.25, -0.2) is 4.79 Å².